The molecule has 0 aliphatic heterocycles. The van der Waals surface area contributed by atoms with Gasteiger partial charge in [-0.3, -0.25) is 4.79 Å². The molecule has 0 amide bonds. The topological polar surface area (TPSA) is 86.7 Å². The molecule has 0 saturated carbocycles. The summed E-state index contributed by atoms with van der Waals surface area (Å²) < 4.78 is 26.0. The lowest BCUT2D eigenvalue weighted by molar-refractivity contribution is -0.137. The molecule has 0 atom stereocenters. The lowest BCUT2D eigenvalue weighted by Gasteiger charge is -2.21. The van der Waals surface area contributed by atoms with Crippen molar-refractivity contribution in [1.82, 2.24) is 4.72 Å². The fourth-order valence-corrected chi connectivity index (χ4v) is 2.67. The number of hydrogen-bond acceptors (Lipinski definition) is 4. The van der Waals surface area contributed by atoms with E-state index in [1.54, 1.807) is 30.1 Å². The standard InChI is InChI=1S/C12H18N2O4S/c1-13-19(17,18)11-7-4-3-6-10(11)14(2)9-5-8-12(15)16/h3-4,6-7,13H,5,8-9H2,1-2H3,(H,15,16). The van der Waals surface area contributed by atoms with E-state index in [1.165, 1.54) is 13.1 Å². The van der Waals surface area contributed by atoms with E-state index < -0.39 is 16.0 Å². The predicted octanol–water partition coefficient (Wildman–Crippen LogP) is 0.896. The van der Waals surface area contributed by atoms with Crippen molar-refractivity contribution in [3.05, 3.63) is 24.3 Å². The van der Waals surface area contributed by atoms with E-state index in [0.29, 0.717) is 18.7 Å². The molecule has 0 unspecified atom stereocenters. The van der Waals surface area contributed by atoms with Crippen LogP contribution in [-0.4, -0.2) is 40.1 Å². The Hall–Kier alpha value is -1.60. The molecule has 0 aliphatic carbocycles. The third kappa shape index (κ3) is 4.22. The van der Waals surface area contributed by atoms with Gasteiger partial charge in [0.1, 0.15) is 4.90 Å². The maximum atomic E-state index is 11.9. The first kappa shape index (κ1) is 15.5. The van der Waals surface area contributed by atoms with Gasteiger partial charge >= 0.3 is 5.97 Å². The highest BCUT2D eigenvalue weighted by atomic mass is 32.2. The van der Waals surface area contributed by atoms with Gasteiger partial charge in [-0.2, -0.15) is 0 Å². The van der Waals surface area contributed by atoms with Gasteiger partial charge in [0.25, 0.3) is 0 Å². The molecule has 0 bridgehead atoms. The molecule has 2 N–H and O–H groups in total. The summed E-state index contributed by atoms with van der Waals surface area (Å²) in [6, 6.07) is 6.62. The highest BCUT2D eigenvalue weighted by molar-refractivity contribution is 7.89. The quantitative estimate of drug-likeness (QED) is 0.777. The molecule has 0 saturated heterocycles. The first-order chi connectivity index (χ1) is 8.88. The number of nitrogens with zero attached hydrogens (tertiary/aromatic N) is 1. The summed E-state index contributed by atoms with van der Waals surface area (Å²) in [5, 5.41) is 8.59. The molecule has 0 aromatic heterocycles. The van der Waals surface area contributed by atoms with Crippen LogP contribution < -0.4 is 9.62 Å². The highest BCUT2D eigenvalue weighted by Crippen LogP contribution is 2.23. The molecule has 0 fully saturated rings. The number of anilines is 1. The summed E-state index contributed by atoms with van der Waals surface area (Å²) in [5.41, 5.74) is 0.558. The van der Waals surface area contributed by atoms with Crippen LogP contribution in [0.1, 0.15) is 12.8 Å². The number of benzene rings is 1. The first-order valence-electron chi connectivity index (χ1n) is 5.84. The highest BCUT2D eigenvalue weighted by Gasteiger charge is 2.18. The fraction of sp³-hybridized carbons (Fsp3) is 0.417. The Morgan fingerprint density at radius 2 is 2.00 bits per heavy atom. The second-order valence-electron chi connectivity index (χ2n) is 4.09. The number of para-hydroxylation sites is 1. The molecule has 106 valence electrons. The third-order valence-electron chi connectivity index (χ3n) is 2.72. The van der Waals surface area contributed by atoms with Crippen molar-refractivity contribution in [1.29, 1.82) is 0 Å². The minimum absolute atomic E-state index is 0.0608. The van der Waals surface area contributed by atoms with Crippen molar-refractivity contribution in [3.8, 4) is 0 Å². The molecular weight excluding hydrogens is 268 g/mol. The Balaban J connectivity index is 2.91. The molecule has 6 nitrogen and oxygen atoms in total. The Bertz CT molecular complexity index is 542. The zero-order valence-electron chi connectivity index (χ0n) is 11.0. The van der Waals surface area contributed by atoms with Crippen molar-refractivity contribution < 1.29 is 18.3 Å². The van der Waals surface area contributed by atoms with E-state index in [4.69, 9.17) is 5.11 Å². The lowest BCUT2D eigenvalue weighted by atomic mass is 10.2. The SMILES string of the molecule is CNS(=O)(=O)c1ccccc1N(C)CCCC(=O)O. The van der Waals surface area contributed by atoms with Gasteiger partial charge in [-0.05, 0) is 25.6 Å². The van der Waals surface area contributed by atoms with Gasteiger partial charge in [0.15, 0.2) is 0 Å². The number of sulfonamides is 1. The van der Waals surface area contributed by atoms with Gasteiger partial charge in [0.05, 0.1) is 5.69 Å². The molecule has 19 heavy (non-hydrogen) atoms. The molecule has 0 spiro atoms. The van der Waals surface area contributed by atoms with Crippen molar-refractivity contribution in [3.63, 3.8) is 0 Å². The number of hydrogen-bond donors (Lipinski definition) is 2. The normalized spacial score (nSPS) is 11.3. The van der Waals surface area contributed by atoms with Crippen LogP contribution in [-0.2, 0) is 14.8 Å². The molecule has 0 aliphatic rings. The Kier molecular flexibility index (Phi) is 5.31. The maximum Gasteiger partial charge on any atom is 0.303 e. The largest absolute Gasteiger partial charge is 0.481 e. The van der Waals surface area contributed by atoms with Crippen LogP contribution in [0.3, 0.4) is 0 Å². The first-order valence-corrected chi connectivity index (χ1v) is 7.32. The summed E-state index contributed by atoms with van der Waals surface area (Å²) in [5.74, 6) is -0.857. The van der Waals surface area contributed by atoms with Crippen molar-refractivity contribution in [2.24, 2.45) is 0 Å². The average Bonchev–Trinajstić information content (AvgIpc) is 2.38. The van der Waals surface area contributed by atoms with Gasteiger partial charge in [0, 0.05) is 20.0 Å². The smallest absolute Gasteiger partial charge is 0.303 e. The second-order valence-corrected chi connectivity index (χ2v) is 5.95. The molecule has 0 heterocycles. The van der Waals surface area contributed by atoms with E-state index in [0.717, 1.165) is 0 Å². The van der Waals surface area contributed by atoms with E-state index >= 15 is 0 Å². The van der Waals surface area contributed by atoms with Crippen LogP contribution in [0.4, 0.5) is 5.69 Å². The minimum Gasteiger partial charge on any atom is -0.481 e. The average molecular weight is 286 g/mol. The van der Waals surface area contributed by atoms with Gasteiger partial charge in [-0.25, -0.2) is 13.1 Å². The number of rotatable bonds is 7. The van der Waals surface area contributed by atoms with Crippen LogP contribution in [0, 0.1) is 0 Å². The summed E-state index contributed by atoms with van der Waals surface area (Å²) in [4.78, 5) is 12.4. The minimum atomic E-state index is -3.52. The van der Waals surface area contributed by atoms with E-state index in [9.17, 15) is 13.2 Å². The second kappa shape index (κ2) is 6.53. The van der Waals surface area contributed by atoms with Crippen molar-refractivity contribution in [2.75, 3.05) is 25.5 Å². The molecule has 0 radical (unpaired) electrons. The summed E-state index contributed by atoms with van der Waals surface area (Å²) in [6.45, 7) is 0.475. The molecule has 1 aromatic carbocycles. The predicted molar refractivity (Wildman–Crippen MR) is 72.8 cm³/mol. The summed E-state index contributed by atoms with van der Waals surface area (Å²) in [6.07, 6.45) is 0.519. The summed E-state index contributed by atoms with van der Waals surface area (Å²) in [7, 11) is -0.424. The summed E-state index contributed by atoms with van der Waals surface area (Å²) >= 11 is 0. The maximum absolute atomic E-state index is 11.9. The molecular formula is C12H18N2O4S. The Morgan fingerprint density at radius 3 is 2.58 bits per heavy atom. The molecule has 1 rings (SSSR count). The van der Waals surface area contributed by atoms with Crippen LogP contribution >= 0.6 is 0 Å². The molecule has 1 aromatic rings. The Labute approximate surface area is 113 Å². The number of carboxylic acids is 1. The van der Waals surface area contributed by atoms with E-state index in [1.807, 2.05) is 0 Å². The van der Waals surface area contributed by atoms with Crippen LogP contribution in [0.25, 0.3) is 0 Å². The van der Waals surface area contributed by atoms with Crippen molar-refractivity contribution >= 4 is 21.7 Å². The van der Waals surface area contributed by atoms with Crippen molar-refractivity contribution in [2.45, 2.75) is 17.7 Å². The molecule has 7 heteroatoms. The van der Waals surface area contributed by atoms with Gasteiger partial charge in [-0.15, -0.1) is 0 Å². The number of nitrogens with one attached hydrogen (secondary N) is 1. The number of aliphatic carboxylic acids is 1. The fourth-order valence-electron chi connectivity index (χ4n) is 1.70. The third-order valence-corrected chi connectivity index (χ3v) is 4.18. The van der Waals surface area contributed by atoms with Gasteiger partial charge < -0.3 is 10.0 Å². The van der Waals surface area contributed by atoms with E-state index in [2.05, 4.69) is 4.72 Å². The zero-order chi connectivity index (χ0) is 14.5. The number of carbonyl (C=O) groups is 1. The van der Waals surface area contributed by atoms with Crippen LogP contribution in [0.15, 0.2) is 29.2 Å². The van der Waals surface area contributed by atoms with E-state index in [-0.39, 0.29) is 11.3 Å². The Morgan fingerprint density at radius 1 is 1.37 bits per heavy atom. The lowest BCUT2D eigenvalue weighted by Crippen LogP contribution is -2.25. The zero-order valence-corrected chi connectivity index (χ0v) is 11.8. The van der Waals surface area contributed by atoms with Crippen LogP contribution in [0.5, 0.6) is 0 Å². The van der Waals surface area contributed by atoms with Gasteiger partial charge in [-0.1, -0.05) is 12.1 Å². The van der Waals surface area contributed by atoms with Gasteiger partial charge in [0.2, 0.25) is 10.0 Å². The monoisotopic (exact) mass is 286 g/mol. The van der Waals surface area contributed by atoms with Crippen LogP contribution in [0.2, 0.25) is 0 Å². The number of carboxylic acid groups (broad SMARTS) is 1.